The molecule has 1 saturated heterocycles. The van der Waals surface area contributed by atoms with Crippen molar-refractivity contribution in [2.45, 2.75) is 5.92 Å². The predicted molar refractivity (Wildman–Crippen MR) is 79.8 cm³/mol. The van der Waals surface area contributed by atoms with Crippen LogP contribution in [0, 0.1) is 0 Å². The van der Waals surface area contributed by atoms with Crippen LogP contribution in [0.5, 0.6) is 0 Å². The number of likely N-dealkylation sites (N-methyl/N-ethyl adjacent to an activating group) is 1. The number of benzene rings is 1. The molecule has 1 fully saturated rings. The van der Waals surface area contributed by atoms with Gasteiger partial charge in [0.25, 0.3) is 0 Å². The number of rotatable bonds is 4. The van der Waals surface area contributed by atoms with Crippen molar-refractivity contribution in [2.24, 2.45) is 10.9 Å². The molecule has 1 unspecified atom stereocenters. The van der Waals surface area contributed by atoms with Gasteiger partial charge in [0.15, 0.2) is 5.84 Å². The lowest BCUT2D eigenvalue weighted by atomic mass is 9.97. The zero-order valence-electron chi connectivity index (χ0n) is 12.1. The summed E-state index contributed by atoms with van der Waals surface area (Å²) in [7, 11) is 2.04. The van der Waals surface area contributed by atoms with E-state index in [4.69, 9.17) is 10.9 Å². The first kappa shape index (κ1) is 15.3. The highest BCUT2D eigenvalue weighted by atomic mass is 16.4. The van der Waals surface area contributed by atoms with Crippen molar-refractivity contribution in [2.75, 3.05) is 33.2 Å². The standard InChI is InChI=1S/C14H21N5O2/c1-18-7-9-19(10-8-18)16-14(20)12(13(15)17-21)11-5-3-2-4-6-11/h2-6,12,21H,7-10H2,1H3,(H2,15,17)(H,16,20). The third-order valence-electron chi connectivity index (χ3n) is 3.58. The third kappa shape index (κ3) is 3.93. The van der Waals surface area contributed by atoms with Gasteiger partial charge in [0, 0.05) is 26.2 Å². The molecule has 1 atom stereocenters. The third-order valence-corrected chi connectivity index (χ3v) is 3.58. The van der Waals surface area contributed by atoms with E-state index >= 15 is 0 Å². The maximum atomic E-state index is 12.5. The molecule has 0 aliphatic carbocycles. The van der Waals surface area contributed by atoms with Crippen LogP contribution in [0.25, 0.3) is 0 Å². The maximum absolute atomic E-state index is 12.5. The number of nitrogens with two attached hydrogens (primary N) is 1. The fraction of sp³-hybridized carbons (Fsp3) is 0.429. The number of hydrogen-bond donors (Lipinski definition) is 3. The van der Waals surface area contributed by atoms with E-state index in [1.165, 1.54) is 0 Å². The lowest BCUT2D eigenvalue weighted by Gasteiger charge is -2.33. The van der Waals surface area contributed by atoms with Gasteiger partial charge in [0.1, 0.15) is 5.92 Å². The molecule has 114 valence electrons. The number of hydrazine groups is 1. The zero-order valence-corrected chi connectivity index (χ0v) is 12.1. The highest BCUT2D eigenvalue weighted by molar-refractivity contribution is 6.07. The van der Waals surface area contributed by atoms with Gasteiger partial charge in [-0.05, 0) is 12.6 Å². The summed E-state index contributed by atoms with van der Waals surface area (Å²) in [5, 5.41) is 13.8. The van der Waals surface area contributed by atoms with Crippen molar-refractivity contribution in [3.8, 4) is 0 Å². The average molecular weight is 291 g/mol. The van der Waals surface area contributed by atoms with Gasteiger partial charge in [-0.15, -0.1) is 0 Å². The molecule has 0 aromatic heterocycles. The molecule has 21 heavy (non-hydrogen) atoms. The summed E-state index contributed by atoms with van der Waals surface area (Å²) in [5.74, 6) is -1.20. The summed E-state index contributed by atoms with van der Waals surface area (Å²) < 4.78 is 0. The SMILES string of the molecule is CN1CCN(NC(=O)C(/C(N)=N/O)c2ccccc2)CC1. The minimum Gasteiger partial charge on any atom is -0.409 e. The minimum absolute atomic E-state index is 0.118. The van der Waals surface area contributed by atoms with Crippen molar-refractivity contribution >= 4 is 11.7 Å². The predicted octanol–water partition coefficient (Wildman–Crippen LogP) is -0.205. The van der Waals surface area contributed by atoms with Crippen LogP contribution in [0.4, 0.5) is 0 Å². The molecule has 0 spiro atoms. The highest BCUT2D eigenvalue weighted by Gasteiger charge is 2.27. The Morgan fingerprint density at radius 1 is 1.29 bits per heavy atom. The molecule has 1 heterocycles. The Labute approximate surface area is 124 Å². The number of amides is 1. The molecule has 1 aliphatic heterocycles. The van der Waals surface area contributed by atoms with Gasteiger partial charge in [-0.2, -0.15) is 0 Å². The Kier molecular flexibility index (Phi) is 5.13. The van der Waals surface area contributed by atoms with Crippen LogP contribution in [0.1, 0.15) is 11.5 Å². The summed E-state index contributed by atoms with van der Waals surface area (Å²) in [5.41, 5.74) is 9.23. The normalized spacial score (nSPS) is 19.2. The Bertz CT molecular complexity index is 497. The monoisotopic (exact) mass is 291 g/mol. The second kappa shape index (κ2) is 7.05. The molecule has 1 aliphatic rings. The Morgan fingerprint density at radius 2 is 1.90 bits per heavy atom. The van der Waals surface area contributed by atoms with E-state index in [-0.39, 0.29) is 11.7 Å². The van der Waals surface area contributed by atoms with Gasteiger partial charge in [0.2, 0.25) is 5.91 Å². The molecule has 0 bridgehead atoms. The molecule has 4 N–H and O–H groups in total. The number of amidine groups is 1. The molecule has 0 saturated carbocycles. The summed E-state index contributed by atoms with van der Waals surface area (Å²) in [4.78, 5) is 14.7. The number of hydrogen-bond acceptors (Lipinski definition) is 5. The average Bonchev–Trinajstić information content (AvgIpc) is 2.50. The highest BCUT2D eigenvalue weighted by Crippen LogP contribution is 2.16. The Hall–Kier alpha value is -2.12. The largest absolute Gasteiger partial charge is 0.409 e. The smallest absolute Gasteiger partial charge is 0.249 e. The number of piperazine rings is 1. The number of nitrogens with one attached hydrogen (secondary N) is 1. The second-order valence-electron chi connectivity index (χ2n) is 5.13. The summed E-state index contributed by atoms with van der Waals surface area (Å²) >= 11 is 0. The van der Waals surface area contributed by atoms with E-state index in [1.807, 2.05) is 30.3 Å². The number of carbonyl (C=O) groups is 1. The van der Waals surface area contributed by atoms with Gasteiger partial charge in [-0.3, -0.25) is 10.2 Å². The van der Waals surface area contributed by atoms with Crippen molar-refractivity contribution in [1.82, 2.24) is 15.3 Å². The van der Waals surface area contributed by atoms with Gasteiger partial charge in [-0.25, -0.2) is 5.01 Å². The first-order valence-corrected chi connectivity index (χ1v) is 6.88. The molecule has 1 aromatic carbocycles. The fourth-order valence-electron chi connectivity index (χ4n) is 2.30. The van der Waals surface area contributed by atoms with E-state index in [2.05, 4.69) is 15.5 Å². The lowest BCUT2D eigenvalue weighted by molar-refractivity contribution is -0.126. The molecular weight excluding hydrogens is 270 g/mol. The van der Waals surface area contributed by atoms with Crippen LogP contribution in [-0.4, -0.2) is 60.1 Å². The van der Waals surface area contributed by atoms with E-state index in [0.717, 1.165) is 26.2 Å². The molecule has 1 aromatic rings. The van der Waals surface area contributed by atoms with E-state index in [1.54, 1.807) is 12.1 Å². The van der Waals surface area contributed by atoms with E-state index in [9.17, 15) is 4.79 Å². The molecule has 7 nitrogen and oxygen atoms in total. The van der Waals surface area contributed by atoms with Gasteiger partial charge < -0.3 is 15.8 Å². The first-order chi connectivity index (χ1) is 10.1. The van der Waals surface area contributed by atoms with Crippen LogP contribution >= 0.6 is 0 Å². The van der Waals surface area contributed by atoms with Crippen molar-refractivity contribution in [1.29, 1.82) is 0 Å². The Balaban J connectivity index is 2.09. The summed E-state index contributed by atoms with van der Waals surface area (Å²) in [6.07, 6.45) is 0. The number of nitrogens with zero attached hydrogens (tertiary/aromatic N) is 3. The van der Waals surface area contributed by atoms with Crippen molar-refractivity contribution in [3.63, 3.8) is 0 Å². The van der Waals surface area contributed by atoms with Crippen LogP contribution in [0.3, 0.4) is 0 Å². The van der Waals surface area contributed by atoms with Crippen LogP contribution < -0.4 is 11.2 Å². The summed E-state index contributed by atoms with van der Waals surface area (Å²) in [6.45, 7) is 3.28. The van der Waals surface area contributed by atoms with Crippen LogP contribution in [0.2, 0.25) is 0 Å². The molecule has 7 heteroatoms. The zero-order chi connectivity index (χ0) is 15.2. The summed E-state index contributed by atoms with van der Waals surface area (Å²) in [6, 6.07) is 9.05. The van der Waals surface area contributed by atoms with Crippen molar-refractivity contribution in [3.05, 3.63) is 35.9 Å². The molecule has 1 amide bonds. The first-order valence-electron chi connectivity index (χ1n) is 6.88. The van der Waals surface area contributed by atoms with Gasteiger partial charge in [-0.1, -0.05) is 35.5 Å². The molecular formula is C14H21N5O2. The second-order valence-corrected chi connectivity index (χ2v) is 5.13. The van der Waals surface area contributed by atoms with E-state index in [0.29, 0.717) is 5.56 Å². The van der Waals surface area contributed by atoms with Gasteiger partial charge in [0.05, 0.1) is 0 Å². The maximum Gasteiger partial charge on any atom is 0.249 e. The minimum atomic E-state index is -0.796. The van der Waals surface area contributed by atoms with Crippen molar-refractivity contribution < 1.29 is 10.0 Å². The number of oxime groups is 1. The fourth-order valence-corrected chi connectivity index (χ4v) is 2.30. The Morgan fingerprint density at radius 3 is 2.48 bits per heavy atom. The number of carbonyl (C=O) groups excluding carboxylic acids is 1. The topological polar surface area (TPSA) is 94.2 Å². The van der Waals surface area contributed by atoms with Crippen LogP contribution in [-0.2, 0) is 4.79 Å². The van der Waals surface area contributed by atoms with Gasteiger partial charge >= 0.3 is 0 Å². The van der Waals surface area contributed by atoms with Crippen LogP contribution in [0.15, 0.2) is 35.5 Å². The lowest BCUT2D eigenvalue weighted by Crippen LogP contribution is -2.54. The quantitative estimate of drug-likeness (QED) is 0.309. The molecule has 2 rings (SSSR count). The van der Waals surface area contributed by atoms with E-state index < -0.39 is 5.92 Å². The molecule has 0 radical (unpaired) electrons.